The first-order valence-electron chi connectivity index (χ1n) is 3.53. The molecular formula is C8H11N2. The van der Waals surface area contributed by atoms with Gasteiger partial charge in [-0.3, -0.25) is 0 Å². The average molecular weight is 135 g/mol. The maximum atomic E-state index is 4.01. The molecule has 0 bridgehead atoms. The summed E-state index contributed by atoms with van der Waals surface area (Å²) in [7, 11) is 0. The first-order valence-corrected chi connectivity index (χ1v) is 3.53. The molecule has 1 rings (SSSR count). The van der Waals surface area contributed by atoms with E-state index >= 15 is 0 Å². The molecule has 53 valence electrons. The molecule has 1 aromatic heterocycles. The topological polar surface area (TPSA) is 25.8 Å². The standard InChI is InChI=1S/C8H11N2/c1-3-7(2)8-4-5-9-6-10-8/h4-5,7H,3H2,1-2H3. The van der Waals surface area contributed by atoms with Crippen LogP contribution in [0.25, 0.3) is 0 Å². The Morgan fingerprint density at radius 3 is 3.00 bits per heavy atom. The maximum Gasteiger partial charge on any atom is 0.197 e. The lowest BCUT2D eigenvalue weighted by atomic mass is 10.1. The number of rotatable bonds is 2. The first kappa shape index (κ1) is 7.19. The summed E-state index contributed by atoms with van der Waals surface area (Å²) < 4.78 is 0. The molecule has 0 aliphatic rings. The van der Waals surface area contributed by atoms with E-state index in [1.54, 1.807) is 6.20 Å². The second-order valence-corrected chi connectivity index (χ2v) is 2.39. The van der Waals surface area contributed by atoms with Gasteiger partial charge >= 0.3 is 0 Å². The Morgan fingerprint density at radius 1 is 1.70 bits per heavy atom. The SMILES string of the molecule is CCC(C)c1ccn[c]n1. The number of nitrogens with zero attached hydrogens (tertiary/aromatic N) is 2. The zero-order valence-corrected chi connectivity index (χ0v) is 6.33. The molecule has 0 amide bonds. The molecule has 0 saturated carbocycles. The van der Waals surface area contributed by atoms with Gasteiger partial charge in [-0.15, -0.1) is 0 Å². The summed E-state index contributed by atoms with van der Waals surface area (Å²) in [5.41, 5.74) is 1.08. The van der Waals surface area contributed by atoms with Gasteiger partial charge in [0.1, 0.15) is 0 Å². The second-order valence-electron chi connectivity index (χ2n) is 2.39. The van der Waals surface area contributed by atoms with Crippen LogP contribution >= 0.6 is 0 Å². The van der Waals surface area contributed by atoms with Crippen LogP contribution in [0.4, 0.5) is 0 Å². The summed E-state index contributed by atoms with van der Waals surface area (Å²) in [6, 6.07) is 1.94. The first-order chi connectivity index (χ1) is 4.84. The van der Waals surface area contributed by atoms with E-state index < -0.39 is 0 Å². The zero-order valence-electron chi connectivity index (χ0n) is 6.33. The van der Waals surface area contributed by atoms with Crippen LogP contribution in [0, 0.1) is 6.33 Å². The highest BCUT2D eigenvalue weighted by atomic mass is 14.8. The lowest BCUT2D eigenvalue weighted by Crippen LogP contribution is -1.94. The Labute approximate surface area is 61.3 Å². The zero-order chi connectivity index (χ0) is 7.40. The van der Waals surface area contributed by atoms with Crippen molar-refractivity contribution in [1.29, 1.82) is 0 Å². The third kappa shape index (κ3) is 1.53. The number of hydrogen-bond acceptors (Lipinski definition) is 2. The van der Waals surface area contributed by atoms with Crippen LogP contribution in [0.15, 0.2) is 12.3 Å². The van der Waals surface area contributed by atoms with Crippen molar-refractivity contribution in [1.82, 2.24) is 9.97 Å². The largest absolute Gasteiger partial charge is 0.234 e. The summed E-state index contributed by atoms with van der Waals surface area (Å²) in [6.07, 6.45) is 5.42. The van der Waals surface area contributed by atoms with E-state index in [4.69, 9.17) is 0 Å². The van der Waals surface area contributed by atoms with Crippen molar-refractivity contribution in [3.8, 4) is 0 Å². The fourth-order valence-electron chi connectivity index (χ4n) is 0.754. The molecule has 2 heteroatoms. The van der Waals surface area contributed by atoms with Crippen molar-refractivity contribution in [3.63, 3.8) is 0 Å². The smallest absolute Gasteiger partial charge is 0.197 e. The normalized spacial score (nSPS) is 13.0. The van der Waals surface area contributed by atoms with Gasteiger partial charge in [0, 0.05) is 11.9 Å². The molecule has 2 nitrogen and oxygen atoms in total. The van der Waals surface area contributed by atoms with Crippen molar-refractivity contribution >= 4 is 0 Å². The highest BCUT2D eigenvalue weighted by Gasteiger charge is 2.01. The van der Waals surface area contributed by atoms with Crippen LogP contribution < -0.4 is 0 Å². The lowest BCUT2D eigenvalue weighted by molar-refractivity contribution is 0.703. The van der Waals surface area contributed by atoms with E-state index in [0.29, 0.717) is 5.92 Å². The Morgan fingerprint density at radius 2 is 2.50 bits per heavy atom. The van der Waals surface area contributed by atoms with Crippen LogP contribution in [0.5, 0.6) is 0 Å². The van der Waals surface area contributed by atoms with Crippen molar-refractivity contribution in [2.45, 2.75) is 26.2 Å². The summed E-state index contributed by atoms with van der Waals surface area (Å²) >= 11 is 0. The van der Waals surface area contributed by atoms with E-state index in [0.717, 1.165) is 12.1 Å². The Kier molecular flexibility index (Phi) is 2.37. The van der Waals surface area contributed by atoms with Gasteiger partial charge in [0.2, 0.25) is 0 Å². The molecule has 0 aliphatic carbocycles. The van der Waals surface area contributed by atoms with Crippen LogP contribution in [0.1, 0.15) is 31.9 Å². The number of aromatic nitrogens is 2. The molecule has 1 atom stereocenters. The molecular weight excluding hydrogens is 124 g/mol. The molecule has 0 fully saturated rings. The molecule has 0 spiro atoms. The molecule has 1 heterocycles. The lowest BCUT2D eigenvalue weighted by Gasteiger charge is -2.04. The molecule has 0 saturated heterocycles. The van der Waals surface area contributed by atoms with Gasteiger partial charge in [0.25, 0.3) is 0 Å². The van der Waals surface area contributed by atoms with E-state index in [2.05, 4.69) is 30.1 Å². The molecule has 1 aromatic rings. The van der Waals surface area contributed by atoms with Crippen LogP contribution in [0.3, 0.4) is 0 Å². The van der Waals surface area contributed by atoms with Crippen molar-refractivity contribution in [3.05, 3.63) is 24.3 Å². The summed E-state index contributed by atoms with van der Waals surface area (Å²) in [6.45, 7) is 4.29. The highest BCUT2D eigenvalue weighted by Crippen LogP contribution is 2.13. The summed E-state index contributed by atoms with van der Waals surface area (Å²) in [4.78, 5) is 7.74. The van der Waals surface area contributed by atoms with E-state index in [-0.39, 0.29) is 0 Å². The minimum absolute atomic E-state index is 0.527. The Balaban J connectivity index is 2.75. The molecule has 0 aromatic carbocycles. The maximum absolute atomic E-state index is 4.01. The Hall–Kier alpha value is -0.920. The van der Waals surface area contributed by atoms with E-state index in [1.165, 1.54) is 0 Å². The predicted molar refractivity (Wildman–Crippen MR) is 39.6 cm³/mol. The van der Waals surface area contributed by atoms with Gasteiger partial charge in [0.15, 0.2) is 6.33 Å². The predicted octanol–water partition coefficient (Wildman–Crippen LogP) is 1.79. The molecule has 0 aliphatic heterocycles. The minimum atomic E-state index is 0.527. The van der Waals surface area contributed by atoms with Gasteiger partial charge < -0.3 is 0 Å². The van der Waals surface area contributed by atoms with Crippen LogP contribution in [0.2, 0.25) is 0 Å². The van der Waals surface area contributed by atoms with Crippen LogP contribution in [-0.2, 0) is 0 Å². The third-order valence-corrected chi connectivity index (χ3v) is 1.67. The van der Waals surface area contributed by atoms with Crippen molar-refractivity contribution < 1.29 is 0 Å². The highest BCUT2D eigenvalue weighted by molar-refractivity contribution is 5.03. The van der Waals surface area contributed by atoms with Gasteiger partial charge in [-0.25, -0.2) is 9.97 Å². The van der Waals surface area contributed by atoms with Crippen molar-refractivity contribution in [2.24, 2.45) is 0 Å². The summed E-state index contributed by atoms with van der Waals surface area (Å²) in [5.74, 6) is 0.527. The molecule has 10 heavy (non-hydrogen) atoms. The van der Waals surface area contributed by atoms with E-state index in [1.807, 2.05) is 6.07 Å². The van der Waals surface area contributed by atoms with Crippen molar-refractivity contribution in [2.75, 3.05) is 0 Å². The van der Waals surface area contributed by atoms with Crippen LogP contribution in [-0.4, -0.2) is 9.97 Å². The third-order valence-electron chi connectivity index (χ3n) is 1.67. The molecule has 0 N–H and O–H groups in total. The van der Waals surface area contributed by atoms with E-state index in [9.17, 15) is 0 Å². The summed E-state index contributed by atoms with van der Waals surface area (Å²) in [5, 5.41) is 0. The van der Waals surface area contributed by atoms with Gasteiger partial charge in [0.05, 0.1) is 0 Å². The molecule has 1 unspecified atom stereocenters. The Bertz CT molecular complexity index is 184. The molecule has 1 radical (unpaired) electrons. The van der Waals surface area contributed by atoms with Gasteiger partial charge in [-0.2, -0.15) is 0 Å². The minimum Gasteiger partial charge on any atom is -0.234 e. The fourth-order valence-corrected chi connectivity index (χ4v) is 0.754. The van der Waals surface area contributed by atoms with Gasteiger partial charge in [-0.1, -0.05) is 13.8 Å². The fraction of sp³-hybridized carbons (Fsp3) is 0.500. The monoisotopic (exact) mass is 135 g/mol. The number of hydrogen-bond donors (Lipinski definition) is 0. The second kappa shape index (κ2) is 3.30. The average Bonchev–Trinajstić information content (AvgIpc) is 2.05. The quantitative estimate of drug-likeness (QED) is 0.617. The van der Waals surface area contributed by atoms with Gasteiger partial charge in [-0.05, 0) is 18.4 Å².